The Hall–Kier alpha value is -3.21. The van der Waals surface area contributed by atoms with E-state index in [9.17, 15) is 39.9 Å². The summed E-state index contributed by atoms with van der Waals surface area (Å²) in [5.74, 6) is -8.63. The molecule has 0 aromatic heterocycles. The van der Waals surface area contributed by atoms with Crippen molar-refractivity contribution in [3.63, 3.8) is 0 Å². The second-order valence-corrected chi connectivity index (χ2v) is 11.2. The third kappa shape index (κ3) is 4.34. The molecule has 1 saturated carbocycles. The Balaban J connectivity index is 1.89. The van der Waals surface area contributed by atoms with Crippen molar-refractivity contribution in [3.8, 4) is 5.75 Å². The number of nitrogens with two attached hydrogens (primary N) is 1. The SMILES string of the molecule is CCCCCCCC[C@H]1c2cccc(O)c2C(O)=C2C(=O)C3(O)C(O)=C(C(N)=O)C(=O)[C@H](N(C)C)[C@@H]3C(O)[C@@H]21. The maximum absolute atomic E-state index is 14.1. The number of aliphatic hydroxyl groups excluding tert-OH is 3. The number of carbonyl (C=O) groups excluding carboxylic acids is 3. The molecule has 3 aliphatic rings. The summed E-state index contributed by atoms with van der Waals surface area (Å²) in [6, 6.07) is 3.34. The third-order valence-electron chi connectivity index (χ3n) is 8.67. The number of nitrogens with zero attached hydrogens (tertiary/aromatic N) is 1. The zero-order chi connectivity index (χ0) is 28.8. The molecular weight excluding hydrogens is 504 g/mol. The lowest BCUT2D eigenvalue weighted by molar-refractivity contribution is -0.169. The number of carbonyl (C=O) groups is 3. The van der Waals surface area contributed by atoms with Gasteiger partial charge in [-0.2, -0.15) is 0 Å². The molecule has 10 nitrogen and oxygen atoms in total. The molecule has 212 valence electrons. The number of rotatable bonds is 9. The Morgan fingerprint density at radius 2 is 1.69 bits per heavy atom. The molecule has 0 spiro atoms. The maximum Gasteiger partial charge on any atom is 0.255 e. The molecule has 39 heavy (non-hydrogen) atoms. The fourth-order valence-electron chi connectivity index (χ4n) is 6.88. The molecule has 7 N–H and O–H groups in total. The van der Waals surface area contributed by atoms with Gasteiger partial charge in [0.15, 0.2) is 11.4 Å². The quantitative estimate of drug-likeness (QED) is 0.201. The fourth-order valence-corrected chi connectivity index (χ4v) is 6.88. The number of hydrogen-bond donors (Lipinski definition) is 6. The molecule has 1 fully saturated rings. The van der Waals surface area contributed by atoms with Crippen LogP contribution in [0.1, 0.15) is 68.9 Å². The average Bonchev–Trinajstić information content (AvgIpc) is 2.87. The topological polar surface area (TPSA) is 182 Å². The smallest absolute Gasteiger partial charge is 0.255 e. The van der Waals surface area contributed by atoms with Crippen molar-refractivity contribution in [1.29, 1.82) is 0 Å². The summed E-state index contributed by atoms with van der Waals surface area (Å²) in [5.41, 5.74) is 1.75. The van der Waals surface area contributed by atoms with E-state index >= 15 is 0 Å². The number of benzene rings is 1. The zero-order valence-electron chi connectivity index (χ0n) is 22.6. The summed E-state index contributed by atoms with van der Waals surface area (Å²) in [7, 11) is 2.98. The van der Waals surface area contributed by atoms with Crippen LogP contribution in [0.15, 0.2) is 35.1 Å². The molecule has 0 saturated heterocycles. The van der Waals surface area contributed by atoms with Crippen LogP contribution in [-0.4, -0.2) is 79.7 Å². The van der Waals surface area contributed by atoms with E-state index < -0.39 is 70.1 Å². The highest BCUT2D eigenvalue weighted by atomic mass is 16.4. The molecule has 0 radical (unpaired) electrons. The number of Topliss-reactive ketones (excluding diaryl/α,β-unsaturated/α-hetero) is 2. The molecule has 0 aliphatic heterocycles. The molecule has 0 bridgehead atoms. The summed E-state index contributed by atoms with van der Waals surface area (Å²) >= 11 is 0. The average molecular weight is 543 g/mol. The van der Waals surface area contributed by atoms with Gasteiger partial charge in [0.1, 0.15) is 22.8 Å². The minimum absolute atomic E-state index is 0.0250. The molecule has 6 atom stereocenters. The Morgan fingerprint density at radius 1 is 1.05 bits per heavy atom. The second-order valence-electron chi connectivity index (χ2n) is 11.2. The highest BCUT2D eigenvalue weighted by molar-refractivity contribution is 6.24. The van der Waals surface area contributed by atoms with E-state index in [0.29, 0.717) is 12.0 Å². The number of likely N-dealkylation sites (N-methyl/N-ethyl adjacent to an activating group) is 1. The van der Waals surface area contributed by atoms with E-state index in [4.69, 9.17) is 5.73 Å². The van der Waals surface area contributed by atoms with Crippen LogP contribution < -0.4 is 5.73 Å². The normalized spacial score (nSPS) is 30.4. The van der Waals surface area contributed by atoms with Crippen molar-refractivity contribution < 1.29 is 39.9 Å². The van der Waals surface area contributed by atoms with Crippen LogP contribution in [0.5, 0.6) is 5.75 Å². The fraction of sp³-hybridized carbons (Fsp3) is 0.552. The predicted molar refractivity (Wildman–Crippen MR) is 143 cm³/mol. The molecule has 1 aromatic rings. The number of aromatic hydroxyl groups is 1. The first-order valence-electron chi connectivity index (χ1n) is 13.6. The largest absolute Gasteiger partial charge is 0.508 e. The van der Waals surface area contributed by atoms with Crippen molar-refractivity contribution in [2.75, 3.05) is 14.1 Å². The molecule has 1 amide bonds. The van der Waals surface area contributed by atoms with Gasteiger partial charge in [-0.25, -0.2) is 0 Å². The molecule has 0 heterocycles. The van der Waals surface area contributed by atoms with Gasteiger partial charge in [-0.3, -0.25) is 19.3 Å². The summed E-state index contributed by atoms with van der Waals surface area (Å²) < 4.78 is 0. The first kappa shape index (κ1) is 28.8. The van der Waals surface area contributed by atoms with E-state index in [-0.39, 0.29) is 16.9 Å². The standard InChI is InChI=1S/C29H38N2O8/c1-4-5-6-7-8-9-11-15-14-12-10-13-16(32)17(14)23(33)19-18(15)24(34)21-22(31(2)3)25(35)20(28(30)38)27(37)29(21,39)26(19)36/h10,12-13,15,18,21-22,24,32-34,37,39H,4-9,11H2,1-3H3,(H2,30,38)/t15-,18+,21+,22+,24?,29?/m0/s1. The third-order valence-corrected chi connectivity index (χ3v) is 8.67. The van der Waals surface area contributed by atoms with Crippen molar-refractivity contribution in [1.82, 2.24) is 4.90 Å². The van der Waals surface area contributed by atoms with Gasteiger partial charge in [-0.05, 0) is 38.1 Å². The number of phenols is 1. The molecular formula is C29H38N2O8. The molecule has 1 aromatic carbocycles. The van der Waals surface area contributed by atoms with Gasteiger partial charge >= 0.3 is 0 Å². The number of primary amides is 1. The highest BCUT2D eigenvalue weighted by Crippen LogP contribution is 2.57. The van der Waals surface area contributed by atoms with Gasteiger partial charge in [0.05, 0.1) is 23.6 Å². The van der Waals surface area contributed by atoms with Crippen LogP contribution >= 0.6 is 0 Å². The minimum Gasteiger partial charge on any atom is -0.508 e. The van der Waals surface area contributed by atoms with E-state index in [1.807, 2.05) is 0 Å². The number of amides is 1. The van der Waals surface area contributed by atoms with Crippen LogP contribution in [0, 0.1) is 11.8 Å². The molecule has 3 aliphatic carbocycles. The van der Waals surface area contributed by atoms with Gasteiger partial charge in [0.2, 0.25) is 5.78 Å². The van der Waals surface area contributed by atoms with Gasteiger partial charge in [-0.15, -0.1) is 0 Å². The van der Waals surface area contributed by atoms with Gasteiger partial charge in [-0.1, -0.05) is 57.6 Å². The van der Waals surface area contributed by atoms with E-state index in [1.165, 1.54) is 25.1 Å². The Kier molecular flexibility index (Phi) is 7.93. The monoisotopic (exact) mass is 542 g/mol. The van der Waals surface area contributed by atoms with Crippen LogP contribution in [0.2, 0.25) is 0 Å². The number of phenolic OH excluding ortho intramolecular Hbond substituents is 1. The summed E-state index contributed by atoms with van der Waals surface area (Å²) in [6.45, 7) is 2.13. The van der Waals surface area contributed by atoms with E-state index in [1.54, 1.807) is 12.1 Å². The van der Waals surface area contributed by atoms with Crippen molar-refractivity contribution in [2.24, 2.45) is 17.6 Å². The van der Waals surface area contributed by atoms with Gasteiger partial charge in [0.25, 0.3) is 5.91 Å². The summed E-state index contributed by atoms with van der Waals surface area (Å²) in [4.78, 5) is 40.9. The van der Waals surface area contributed by atoms with Crippen molar-refractivity contribution in [3.05, 3.63) is 46.2 Å². The van der Waals surface area contributed by atoms with Gasteiger partial charge < -0.3 is 31.3 Å². The number of hydrogen-bond acceptors (Lipinski definition) is 9. The van der Waals surface area contributed by atoms with Crippen LogP contribution in [-0.2, 0) is 14.4 Å². The number of fused-ring (bicyclic) bond motifs is 3. The van der Waals surface area contributed by atoms with E-state index in [0.717, 1.165) is 38.5 Å². The first-order valence-corrected chi connectivity index (χ1v) is 13.6. The Morgan fingerprint density at radius 3 is 2.31 bits per heavy atom. The Labute approximate surface area is 227 Å². The maximum atomic E-state index is 14.1. The van der Waals surface area contributed by atoms with Crippen LogP contribution in [0.3, 0.4) is 0 Å². The lowest BCUT2D eigenvalue weighted by atomic mass is 9.53. The lowest BCUT2D eigenvalue weighted by Crippen LogP contribution is -2.70. The zero-order valence-corrected chi connectivity index (χ0v) is 22.6. The summed E-state index contributed by atoms with van der Waals surface area (Å²) in [5, 5.41) is 56.6. The van der Waals surface area contributed by atoms with Crippen molar-refractivity contribution >= 4 is 23.2 Å². The first-order chi connectivity index (χ1) is 18.4. The predicted octanol–water partition coefficient (Wildman–Crippen LogP) is 2.23. The second kappa shape index (κ2) is 10.7. The molecule has 10 heteroatoms. The number of aliphatic hydroxyl groups is 4. The highest BCUT2D eigenvalue weighted by Gasteiger charge is 2.68. The van der Waals surface area contributed by atoms with Crippen LogP contribution in [0.4, 0.5) is 0 Å². The molecule has 4 rings (SSSR count). The van der Waals surface area contributed by atoms with Gasteiger partial charge in [0, 0.05) is 11.5 Å². The minimum atomic E-state index is -2.90. The number of ketones is 2. The Bertz CT molecular complexity index is 1250. The van der Waals surface area contributed by atoms with Crippen molar-refractivity contribution in [2.45, 2.75) is 75.5 Å². The van der Waals surface area contributed by atoms with E-state index in [2.05, 4.69) is 6.92 Å². The molecule has 2 unspecified atom stereocenters. The number of unbranched alkanes of at least 4 members (excludes halogenated alkanes) is 5. The van der Waals surface area contributed by atoms with Crippen LogP contribution in [0.25, 0.3) is 5.76 Å². The lowest BCUT2D eigenvalue weighted by Gasteiger charge is -2.54. The summed E-state index contributed by atoms with van der Waals surface area (Å²) in [6.07, 6.45) is 4.91.